The van der Waals surface area contributed by atoms with Crippen molar-refractivity contribution in [2.45, 2.75) is 33.2 Å². The van der Waals surface area contributed by atoms with Gasteiger partial charge in [-0.15, -0.1) is 11.3 Å². The number of aromatic nitrogens is 1. The zero-order chi connectivity index (χ0) is 12.4. The molecule has 2 rings (SSSR count). The molecule has 0 saturated heterocycles. The van der Waals surface area contributed by atoms with Crippen LogP contribution in [0.25, 0.3) is 0 Å². The standard InChI is InChI=1S/C14H18N2S/c1-9-5-4-6-10(2)12(9)7-13(15)14-8-17-11(3)16-14/h4-6,8,13H,7,15H2,1-3H3. The van der Waals surface area contributed by atoms with Crippen LogP contribution in [0.15, 0.2) is 23.6 Å². The lowest BCUT2D eigenvalue weighted by atomic mass is 9.96. The third-order valence-corrected chi connectivity index (χ3v) is 3.88. The minimum atomic E-state index is -0.000231. The molecule has 17 heavy (non-hydrogen) atoms. The van der Waals surface area contributed by atoms with Gasteiger partial charge in [0.15, 0.2) is 0 Å². The Labute approximate surface area is 107 Å². The number of hydrogen-bond acceptors (Lipinski definition) is 3. The van der Waals surface area contributed by atoms with Gasteiger partial charge in [-0.3, -0.25) is 0 Å². The van der Waals surface area contributed by atoms with Gasteiger partial charge in [-0.05, 0) is 43.9 Å². The van der Waals surface area contributed by atoms with Gasteiger partial charge in [0.2, 0.25) is 0 Å². The Morgan fingerprint density at radius 3 is 2.41 bits per heavy atom. The third-order valence-electron chi connectivity index (χ3n) is 3.09. The average Bonchev–Trinajstić information content (AvgIpc) is 2.70. The van der Waals surface area contributed by atoms with E-state index in [4.69, 9.17) is 5.73 Å². The summed E-state index contributed by atoms with van der Waals surface area (Å²) in [5, 5.41) is 3.14. The highest BCUT2D eigenvalue weighted by Crippen LogP contribution is 2.22. The van der Waals surface area contributed by atoms with Gasteiger partial charge in [0, 0.05) is 5.38 Å². The lowest BCUT2D eigenvalue weighted by Crippen LogP contribution is -2.15. The Morgan fingerprint density at radius 1 is 1.24 bits per heavy atom. The quantitative estimate of drug-likeness (QED) is 0.902. The van der Waals surface area contributed by atoms with E-state index in [2.05, 4.69) is 42.4 Å². The van der Waals surface area contributed by atoms with Gasteiger partial charge in [0.1, 0.15) is 0 Å². The van der Waals surface area contributed by atoms with Crippen molar-refractivity contribution >= 4 is 11.3 Å². The van der Waals surface area contributed by atoms with Gasteiger partial charge < -0.3 is 5.73 Å². The molecule has 1 aromatic heterocycles. The van der Waals surface area contributed by atoms with E-state index >= 15 is 0 Å². The molecular formula is C14H18N2S. The summed E-state index contributed by atoms with van der Waals surface area (Å²) in [6.45, 7) is 6.29. The number of benzene rings is 1. The topological polar surface area (TPSA) is 38.9 Å². The van der Waals surface area contributed by atoms with Gasteiger partial charge in [-0.1, -0.05) is 18.2 Å². The van der Waals surface area contributed by atoms with Crippen LogP contribution in [-0.2, 0) is 6.42 Å². The van der Waals surface area contributed by atoms with Crippen molar-refractivity contribution in [1.29, 1.82) is 0 Å². The van der Waals surface area contributed by atoms with Crippen molar-refractivity contribution in [3.63, 3.8) is 0 Å². The van der Waals surface area contributed by atoms with Gasteiger partial charge in [-0.2, -0.15) is 0 Å². The zero-order valence-electron chi connectivity index (χ0n) is 10.5. The molecule has 0 amide bonds. The van der Waals surface area contributed by atoms with Gasteiger partial charge >= 0.3 is 0 Å². The molecule has 3 heteroatoms. The number of rotatable bonds is 3. The van der Waals surface area contributed by atoms with Gasteiger partial charge in [0.25, 0.3) is 0 Å². The van der Waals surface area contributed by atoms with E-state index in [-0.39, 0.29) is 6.04 Å². The smallest absolute Gasteiger partial charge is 0.0898 e. The minimum Gasteiger partial charge on any atom is -0.322 e. The molecule has 2 N–H and O–H groups in total. The van der Waals surface area contributed by atoms with Crippen LogP contribution in [0.3, 0.4) is 0 Å². The predicted octanol–water partition coefficient (Wildman–Crippen LogP) is 3.31. The maximum Gasteiger partial charge on any atom is 0.0898 e. The first-order valence-corrected chi connectivity index (χ1v) is 6.68. The molecule has 0 saturated carbocycles. The molecule has 1 atom stereocenters. The normalized spacial score (nSPS) is 12.7. The number of nitrogens with zero attached hydrogens (tertiary/aromatic N) is 1. The largest absolute Gasteiger partial charge is 0.322 e. The Hall–Kier alpha value is -1.19. The maximum atomic E-state index is 6.22. The van der Waals surface area contributed by atoms with Crippen molar-refractivity contribution in [1.82, 2.24) is 4.98 Å². The van der Waals surface area contributed by atoms with Crippen molar-refractivity contribution in [2.24, 2.45) is 5.73 Å². The van der Waals surface area contributed by atoms with E-state index in [1.165, 1.54) is 16.7 Å². The second kappa shape index (κ2) is 4.98. The van der Waals surface area contributed by atoms with Gasteiger partial charge in [-0.25, -0.2) is 4.98 Å². The van der Waals surface area contributed by atoms with Crippen molar-refractivity contribution in [3.8, 4) is 0 Å². The lowest BCUT2D eigenvalue weighted by molar-refractivity contribution is 0.694. The summed E-state index contributed by atoms with van der Waals surface area (Å²) >= 11 is 1.66. The Bertz CT molecular complexity index is 496. The first-order valence-electron chi connectivity index (χ1n) is 5.80. The van der Waals surface area contributed by atoms with E-state index in [0.717, 1.165) is 17.1 Å². The maximum absolute atomic E-state index is 6.22. The van der Waals surface area contributed by atoms with Crippen molar-refractivity contribution in [3.05, 3.63) is 51.0 Å². The summed E-state index contributed by atoms with van der Waals surface area (Å²) in [5.41, 5.74) is 11.2. The highest BCUT2D eigenvalue weighted by molar-refractivity contribution is 7.09. The van der Waals surface area contributed by atoms with Crippen LogP contribution in [0.1, 0.15) is 33.4 Å². The van der Waals surface area contributed by atoms with Crippen LogP contribution in [0.2, 0.25) is 0 Å². The molecule has 1 unspecified atom stereocenters. The summed E-state index contributed by atoms with van der Waals surface area (Å²) in [5.74, 6) is 0. The van der Waals surface area contributed by atoms with Crippen molar-refractivity contribution < 1.29 is 0 Å². The number of aryl methyl sites for hydroxylation is 3. The first-order chi connectivity index (χ1) is 8.08. The number of hydrogen-bond donors (Lipinski definition) is 1. The third kappa shape index (κ3) is 2.73. The Kier molecular flexibility index (Phi) is 3.60. The average molecular weight is 246 g/mol. The Morgan fingerprint density at radius 2 is 1.88 bits per heavy atom. The molecule has 0 bridgehead atoms. The summed E-state index contributed by atoms with van der Waals surface area (Å²) in [7, 11) is 0. The second-order valence-electron chi connectivity index (χ2n) is 4.47. The molecule has 90 valence electrons. The van der Waals surface area contributed by atoms with Crippen LogP contribution in [-0.4, -0.2) is 4.98 Å². The van der Waals surface area contributed by atoms with Crippen LogP contribution in [0.4, 0.5) is 0 Å². The monoisotopic (exact) mass is 246 g/mol. The molecule has 0 spiro atoms. The number of nitrogens with two attached hydrogens (primary N) is 1. The molecule has 0 aliphatic rings. The summed E-state index contributed by atoms with van der Waals surface area (Å²) < 4.78 is 0. The summed E-state index contributed by atoms with van der Waals surface area (Å²) in [4.78, 5) is 4.46. The Balaban J connectivity index is 2.21. The SMILES string of the molecule is Cc1nc(C(N)Cc2c(C)cccc2C)cs1. The van der Waals surface area contributed by atoms with Crippen LogP contribution in [0, 0.1) is 20.8 Å². The van der Waals surface area contributed by atoms with E-state index in [1.54, 1.807) is 11.3 Å². The molecule has 1 aromatic carbocycles. The fourth-order valence-corrected chi connectivity index (χ4v) is 2.72. The fraction of sp³-hybridized carbons (Fsp3) is 0.357. The molecule has 1 heterocycles. The van der Waals surface area contributed by atoms with E-state index in [9.17, 15) is 0 Å². The zero-order valence-corrected chi connectivity index (χ0v) is 11.3. The first kappa shape index (κ1) is 12.3. The molecule has 0 aliphatic carbocycles. The summed E-state index contributed by atoms with van der Waals surface area (Å²) in [6.07, 6.45) is 0.863. The minimum absolute atomic E-state index is 0.000231. The van der Waals surface area contributed by atoms with E-state index in [1.807, 2.05) is 6.92 Å². The molecule has 0 fully saturated rings. The lowest BCUT2D eigenvalue weighted by Gasteiger charge is -2.13. The fourth-order valence-electron chi connectivity index (χ4n) is 2.05. The van der Waals surface area contributed by atoms with E-state index < -0.39 is 0 Å². The predicted molar refractivity (Wildman–Crippen MR) is 73.4 cm³/mol. The molecule has 0 aliphatic heterocycles. The number of thiazole rings is 1. The second-order valence-corrected chi connectivity index (χ2v) is 5.53. The van der Waals surface area contributed by atoms with Crippen molar-refractivity contribution in [2.75, 3.05) is 0 Å². The summed E-state index contributed by atoms with van der Waals surface area (Å²) in [6, 6.07) is 6.37. The highest BCUT2D eigenvalue weighted by atomic mass is 32.1. The highest BCUT2D eigenvalue weighted by Gasteiger charge is 2.12. The molecule has 0 radical (unpaired) electrons. The van der Waals surface area contributed by atoms with Crippen LogP contribution >= 0.6 is 11.3 Å². The van der Waals surface area contributed by atoms with Crippen LogP contribution < -0.4 is 5.73 Å². The molecule has 2 nitrogen and oxygen atoms in total. The molecular weight excluding hydrogens is 228 g/mol. The van der Waals surface area contributed by atoms with E-state index in [0.29, 0.717) is 0 Å². The molecule has 2 aromatic rings. The van der Waals surface area contributed by atoms with Gasteiger partial charge in [0.05, 0.1) is 16.7 Å². The van der Waals surface area contributed by atoms with Crippen LogP contribution in [0.5, 0.6) is 0 Å².